The average Bonchev–Trinajstić information content (AvgIpc) is 2.35. The number of aliphatic imine (C=N–C) groups is 1. The number of hydrogen-bond acceptors (Lipinski definition) is 3. The lowest BCUT2D eigenvalue weighted by atomic mass is 10.1. The van der Waals surface area contributed by atoms with Gasteiger partial charge in [0.2, 0.25) is 11.1 Å². The number of carbonyl (C=O) groups is 1. The molecule has 0 bridgehead atoms. The van der Waals surface area contributed by atoms with E-state index in [4.69, 9.17) is 11.5 Å². The van der Waals surface area contributed by atoms with Gasteiger partial charge in [-0.2, -0.15) is 0 Å². The first-order valence-corrected chi connectivity index (χ1v) is 4.96. The van der Waals surface area contributed by atoms with Crippen LogP contribution in [0, 0.1) is 0 Å². The van der Waals surface area contributed by atoms with E-state index in [1.807, 2.05) is 0 Å². The van der Waals surface area contributed by atoms with Gasteiger partial charge in [0.05, 0.1) is 0 Å². The monoisotopic (exact) mass is 249 g/mol. The third kappa shape index (κ3) is 3.72. The zero-order valence-electron chi connectivity index (χ0n) is 8.87. The van der Waals surface area contributed by atoms with Crippen LogP contribution in [0.4, 0.5) is 0 Å². The molecular formula is C10H11N5OS. The van der Waals surface area contributed by atoms with Gasteiger partial charge in [-0.3, -0.25) is 4.79 Å². The normalized spacial score (nSPS) is 12.3. The van der Waals surface area contributed by atoms with E-state index in [0.717, 1.165) is 0 Å². The molecule has 4 N–H and O–H groups in total. The van der Waals surface area contributed by atoms with E-state index in [0.29, 0.717) is 11.1 Å². The molecule has 0 saturated heterocycles. The Balaban J connectivity index is 2.93. The predicted octanol–water partition coefficient (Wildman–Crippen LogP) is 0.392. The zero-order chi connectivity index (χ0) is 12.8. The van der Waals surface area contributed by atoms with E-state index in [2.05, 4.69) is 34.5 Å². The molecule has 7 heteroatoms. The van der Waals surface area contributed by atoms with Gasteiger partial charge in [0.15, 0.2) is 5.84 Å². The number of benzene rings is 1. The van der Waals surface area contributed by atoms with Gasteiger partial charge in [-0.1, -0.05) is 12.1 Å². The predicted molar refractivity (Wildman–Crippen MR) is 71.7 cm³/mol. The van der Waals surface area contributed by atoms with Crippen molar-refractivity contribution in [3.63, 3.8) is 0 Å². The van der Waals surface area contributed by atoms with Crippen molar-refractivity contribution in [1.82, 2.24) is 0 Å². The molecule has 0 aromatic heterocycles. The number of thiol groups is 1. The van der Waals surface area contributed by atoms with Gasteiger partial charge in [-0.05, 0) is 18.9 Å². The largest absolute Gasteiger partial charge is 0.382 e. The van der Waals surface area contributed by atoms with Crippen molar-refractivity contribution in [2.45, 2.75) is 0 Å². The van der Waals surface area contributed by atoms with Gasteiger partial charge in [-0.15, -0.1) is 22.8 Å². The van der Waals surface area contributed by atoms with Crippen molar-refractivity contribution in [3.05, 3.63) is 35.4 Å². The van der Waals surface area contributed by atoms with Crippen LogP contribution in [-0.2, 0) is 0 Å². The van der Waals surface area contributed by atoms with Gasteiger partial charge in [0.1, 0.15) is 0 Å². The molecule has 0 saturated carbocycles. The van der Waals surface area contributed by atoms with Crippen LogP contribution in [0.1, 0.15) is 15.9 Å². The van der Waals surface area contributed by atoms with Crippen molar-refractivity contribution in [3.8, 4) is 0 Å². The smallest absolute Gasteiger partial charge is 0.248 e. The molecule has 0 aliphatic heterocycles. The Labute approximate surface area is 104 Å². The Morgan fingerprint density at radius 3 is 2.12 bits per heavy atom. The van der Waals surface area contributed by atoms with E-state index >= 15 is 0 Å². The van der Waals surface area contributed by atoms with E-state index in [9.17, 15) is 4.79 Å². The van der Waals surface area contributed by atoms with E-state index < -0.39 is 5.91 Å². The summed E-state index contributed by atoms with van der Waals surface area (Å²) < 4.78 is 0. The fourth-order valence-electron chi connectivity index (χ4n) is 0.993. The Hall–Kier alpha value is -2.15. The van der Waals surface area contributed by atoms with Crippen LogP contribution in [0.15, 0.2) is 39.5 Å². The summed E-state index contributed by atoms with van der Waals surface area (Å²) in [6.45, 7) is 3.22. The van der Waals surface area contributed by atoms with Crippen molar-refractivity contribution in [2.24, 2.45) is 26.7 Å². The minimum absolute atomic E-state index is 0.113. The van der Waals surface area contributed by atoms with Gasteiger partial charge < -0.3 is 11.5 Å². The van der Waals surface area contributed by atoms with Gasteiger partial charge in [0.25, 0.3) is 0 Å². The zero-order valence-corrected chi connectivity index (χ0v) is 9.76. The molecule has 0 heterocycles. The summed E-state index contributed by atoms with van der Waals surface area (Å²) >= 11 is 3.86. The molecule has 88 valence electrons. The molecule has 17 heavy (non-hydrogen) atoms. The summed E-state index contributed by atoms with van der Waals surface area (Å²) in [6.07, 6.45) is 0. The molecule has 0 aliphatic carbocycles. The standard InChI is InChI=1S/C10H11N5OS/c1-13-10(17)15-14-8(11)6-2-4-7(5-3-6)9(12)16/h2-5H,1H2,(H2,11,14)(H2,12,16)(H,15,17). The Bertz CT molecular complexity index is 492. The highest BCUT2D eigenvalue weighted by Crippen LogP contribution is 2.04. The first kappa shape index (κ1) is 12.9. The first-order chi connectivity index (χ1) is 8.04. The summed E-state index contributed by atoms with van der Waals surface area (Å²) in [5.41, 5.74) is 11.8. The second-order valence-corrected chi connectivity index (χ2v) is 3.38. The summed E-state index contributed by atoms with van der Waals surface area (Å²) in [4.78, 5) is 14.3. The molecule has 6 nitrogen and oxygen atoms in total. The Morgan fingerprint density at radius 2 is 1.65 bits per heavy atom. The molecule has 0 aliphatic rings. The Morgan fingerprint density at radius 1 is 1.12 bits per heavy atom. The van der Waals surface area contributed by atoms with Crippen molar-refractivity contribution in [1.29, 1.82) is 0 Å². The highest BCUT2D eigenvalue weighted by atomic mass is 32.1. The maximum atomic E-state index is 10.8. The number of nitrogens with zero attached hydrogens (tertiary/aromatic N) is 3. The second kappa shape index (κ2) is 5.80. The van der Waals surface area contributed by atoms with E-state index in [1.165, 1.54) is 0 Å². The van der Waals surface area contributed by atoms with Gasteiger partial charge in [-0.25, -0.2) is 4.99 Å². The van der Waals surface area contributed by atoms with Crippen LogP contribution in [0.3, 0.4) is 0 Å². The molecule has 1 aromatic carbocycles. The molecular weight excluding hydrogens is 238 g/mol. The van der Waals surface area contributed by atoms with Crippen molar-refractivity contribution >= 4 is 36.3 Å². The molecule has 0 atom stereocenters. The fourth-order valence-corrected chi connectivity index (χ4v) is 1.04. The third-order valence-corrected chi connectivity index (χ3v) is 2.08. The number of amidine groups is 2. The highest BCUT2D eigenvalue weighted by molar-refractivity contribution is 7.96. The molecule has 1 rings (SSSR count). The fraction of sp³-hybridized carbons (Fsp3) is 0. The van der Waals surface area contributed by atoms with Gasteiger partial charge >= 0.3 is 0 Å². The Kier molecular flexibility index (Phi) is 4.41. The highest BCUT2D eigenvalue weighted by Gasteiger charge is 2.02. The summed E-state index contributed by atoms with van der Waals surface area (Å²) in [7, 11) is 0. The van der Waals surface area contributed by atoms with Crippen LogP contribution in [-0.4, -0.2) is 23.6 Å². The van der Waals surface area contributed by atoms with Crippen LogP contribution in [0.2, 0.25) is 0 Å². The number of hydrogen-bond donors (Lipinski definition) is 3. The minimum atomic E-state index is -0.501. The van der Waals surface area contributed by atoms with Crippen LogP contribution in [0.5, 0.6) is 0 Å². The average molecular weight is 249 g/mol. The first-order valence-electron chi connectivity index (χ1n) is 4.51. The summed E-state index contributed by atoms with van der Waals surface area (Å²) in [5, 5.41) is 7.41. The van der Waals surface area contributed by atoms with E-state index in [1.54, 1.807) is 24.3 Å². The van der Waals surface area contributed by atoms with Crippen LogP contribution >= 0.6 is 12.6 Å². The van der Waals surface area contributed by atoms with Crippen LogP contribution < -0.4 is 11.5 Å². The molecule has 1 aromatic rings. The number of nitrogens with two attached hydrogens (primary N) is 2. The number of amides is 1. The molecule has 0 fully saturated rings. The third-order valence-electron chi connectivity index (χ3n) is 1.85. The van der Waals surface area contributed by atoms with Crippen LogP contribution in [0.25, 0.3) is 0 Å². The second-order valence-electron chi connectivity index (χ2n) is 2.98. The van der Waals surface area contributed by atoms with Crippen molar-refractivity contribution < 1.29 is 4.79 Å². The number of carbonyl (C=O) groups excluding carboxylic acids is 1. The number of primary amides is 1. The maximum absolute atomic E-state index is 10.8. The lowest BCUT2D eigenvalue weighted by molar-refractivity contribution is 0.100. The van der Waals surface area contributed by atoms with Crippen molar-refractivity contribution in [2.75, 3.05) is 0 Å². The minimum Gasteiger partial charge on any atom is -0.382 e. The van der Waals surface area contributed by atoms with Gasteiger partial charge in [0, 0.05) is 11.1 Å². The lowest BCUT2D eigenvalue weighted by Gasteiger charge is -1.99. The molecule has 0 unspecified atom stereocenters. The molecule has 1 amide bonds. The SMILES string of the molecule is C=N/C(S)=N\N=C(/N)c1ccc(C(N)=O)cc1. The molecule has 0 spiro atoms. The summed E-state index contributed by atoms with van der Waals surface area (Å²) in [5.74, 6) is -0.324. The lowest BCUT2D eigenvalue weighted by Crippen LogP contribution is -2.14. The quantitative estimate of drug-likeness (QED) is 0.312. The number of rotatable bonds is 3. The summed E-state index contributed by atoms with van der Waals surface area (Å²) in [6, 6.07) is 6.34. The maximum Gasteiger partial charge on any atom is 0.248 e. The van der Waals surface area contributed by atoms with E-state index in [-0.39, 0.29) is 11.0 Å². The molecule has 0 radical (unpaired) electrons. The topological polar surface area (TPSA) is 106 Å².